The van der Waals surface area contributed by atoms with Gasteiger partial charge in [0.05, 0.1) is 20.8 Å². The number of guanidine groups is 1. The van der Waals surface area contributed by atoms with E-state index in [9.17, 15) is 4.79 Å². The quantitative estimate of drug-likeness (QED) is 0.356. The number of amides is 1. The molecule has 0 bridgehead atoms. The van der Waals surface area contributed by atoms with E-state index in [1.165, 1.54) is 0 Å². The minimum absolute atomic E-state index is 0.159. The number of ether oxygens (including phenoxy) is 2. The van der Waals surface area contributed by atoms with Gasteiger partial charge in [0.1, 0.15) is 11.5 Å². The van der Waals surface area contributed by atoms with E-state index in [0.29, 0.717) is 25.6 Å². The number of hydrogen-bond donors (Lipinski definition) is 3. The Kier molecular flexibility index (Phi) is 7.37. The molecular formula is C18H28N4O3. The van der Waals surface area contributed by atoms with E-state index in [-0.39, 0.29) is 11.8 Å². The molecule has 0 spiro atoms. The summed E-state index contributed by atoms with van der Waals surface area (Å²) in [4.78, 5) is 16.2. The van der Waals surface area contributed by atoms with Crippen molar-refractivity contribution < 1.29 is 14.3 Å². The minimum Gasteiger partial charge on any atom is -0.497 e. The molecular weight excluding hydrogens is 320 g/mol. The topological polar surface area (TPSA) is 84.0 Å². The van der Waals surface area contributed by atoms with Crippen molar-refractivity contribution in [1.29, 1.82) is 0 Å². The summed E-state index contributed by atoms with van der Waals surface area (Å²) in [6, 6.07) is 5.68. The first-order chi connectivity index (χ1) is 12.2. The van der Waals surface area contributed by atoms with Crippen LogP contribution in [0.1, 0.15) is 25.3 Å². The predicted molar refractivity (Wildman–Crippen MR) is 98.1 cm³/mol. The lowest BCUT2D eigenvalue weighted by Crippen LogP contribution is -2.41. The van der Waals surface area contributed by atoms with Crippen molar-refractivity contribution >= 4 is 11.9 Å². The van der Waals surface area contributed by atoms with Crippen molar-refractivity contribution in [1.82, 2.24) is 16.0 Å². The van der Waals surface area contributed by atoms with Crippen LogP contribution >= 0.6 is 0 Å². The normalized spacial score (nSPS) is 14.0. The van der Waals surface area contributed by atoms with E-state index in [1.807, 2.05) is 25.1 Å². The summed E-state index contributed by atoms with van der Waals surface area (Å²) in [6.45, 7) is 4.48. The number of benzene rings is 1. The van der Waals surface area contributed by atoms with Crippen LogP contribution in [0, 0.1) is 5.92 Å². The summed E-state index contributed by atoms with van der Waals surface area (Å²) < 4.78 is 10.6. The number of nitrogens with one attached hydrogen (secondary N) is 3. The van der Waals surface area contributed by atoms with E-state index >= 15 is 0 Å². The Morgan fingerprint density at radius 2 is 1.92 bits per heavy atom. The zero-order valence-corrected chi connectivity index (χ0v) is 15.2. The molecule has 138 valence electrons. The molecule has 0 heterocycles. The molecule has 0 saturated heterocycles. The van der Waals surface area contributed by atoms with Crippen molar-refractivity contribution in [2.75, 3.05) is 33.9 Å². The van der Waals surface area contributed by atoms with Gasteiger partial charge >= 0.3 is 0 Å². The second-order valence-electron chi connectivity index (χ2n) is 5.87. The smallest absolute Gasteiger partial charge is 0.223 e. The predicted octanol–water partition coefficient (Wildman–Crippen LogP) is 1.29. The van der Waals surface area contributed by atoms with Crippen LogP contribution in [0.25, 0.3) is 0 Å². The fourth-order valence-electron chi connectivity index (χ4n) is 2.34. The summed E-state index contributed by atoms with van der Waals surface area (Å²) in [5.41, 5.74) is 0.975. The summed E-state index contributed by atoms with van der Waals surface area (Å²) >= 11 is 0. The number of rotatable bonds is 9. The second kappa shape index (κ2) is 9.76. The Bertz CT molecular complexity index is 600. The van der Waals surface area contributed by atoms with Crippen molar-refractivity contribution in [3.05, 3.63) is 23.8 Å². The largest absolute Gasteiger partial charge is 0.497 e. The third-order valence-electron chi connectivity index (χ3n) is 3.91. The first-order valence-corrected chi connectivity index (χ1v) is 8.68. The number of hydrogen-bond acceptors (Lipinski definition) is 4. The Morgan fingerprint density at radius 3 is 2.56 bits per heavy atom. The molecule has 7 heteroatoms. The fraction of sp³-hybridized carbons (Fsp3) is 0.556. The molecule has 1 saturated carbocycles. The summed E-state index contributed by atoms with van der Waals surface area (Å²) in [5, 5.41) is 9.35. The van der Waals surface area contributed by atoms with E-state index in [4.69, 9.17) is 9.47 Å². The lowest BCUT2D eigenvalue weighted by atomic mass is 10.2. The molecule has 25 heavy (non-hydrogen) atoms. The highest BCUT2D eigenvalue weighted by atomic mass is 16.5. The number of aliphatic imine (C=N–C) groups is 1. The lowest BCUT2D eigenvalue weighted by Gasteiger charge is -2.13. The van der Waals surface area contributed by atoms with Gasteiger partial charge in [0.15, 0.2) is 5.96 Å². The summed E-state index contributed by atoms with van der Waals surface area (Å²) in [7, 11) is 3.26. The van der Waals surface area contributed by atoms with Gasteiger partial charge in [-0.2, -0.15) is 0 Å². The van der Waals surface area contributed by atoms with Gasteiger partial charge in [0.2, 0.25) is 5.91 Å². The van der Waals surface area contributed by atoms with Gasteiger partial charge in [0.25, 0.3) is 0 Å². The Morgan fingerprint density at radius 1 is 1.16 bits per heavy atom. The number of nitrogens with zero attached hydrogens (tertiary/aromatic N) is 1. The van der Waals surface area contributed by atoms with Gasteiger partial charge in [-0.25, -0.2) is 4.99 Å². The molecule has 0 radical (unpaired) electrons. The minimum atomic E-state index is 0.159. The van der Waals surface area contributed by atoms with Gasteiger partial charge in [-0.3, -0.25) is 4.79 Å². The fourth-order valence-corrected chi connectivity index (χ4v) is 2.34. The van der Waals surface area contributed by atoms with Crippen LogP contribution in [0.5, 0.6) is 11.5 Å². The maximum Gasteiger partial charge on any atom is 0.223 e. The van der Waals surface area contributed by atoms with Crippen LogP contribution in [-0.4, -0.2) is 45.7 Å². The van der Waals surface area contributed by atoms with Crippen LogP contribution in [0.3, 0.4) is 0 Å². The molecule has 1 amide bonds. The maximum absolute atomic E-state index is 11.6. The number of carbonyl (C=O) groups excluding carboxylic acids is 1. The number of methoxy groups -OCH3 is 2. The summed E-state index contributed by atoms with van der Waals surface area (Å²) in [5.74, 6) is 2.61. The monoisotopic (exact) mass is 348 g/mol. The molecule has 1 aliphatic carbocycles. The zero-order chi connectivity index (χ0) is 18.1. The van der Waals surface area contributed by atoms with Crippen LogP contribution in [-0.2, 0) is 11.3 Å². The van der Waals surface area contributed by atoms with Gasteiger partial charge in [-0.1, -0.05) is 0 Å². The van der Waals surface area contributed by atoms with Crippen LogP contribution in [0.2, 0.25) is 0 Å². The second-order valence-corrected chi connectivity index (χ2v) is 5.87. The molecule has 7 nitrogen and oxygen atoms in total. The standard InChI is InChI=1S/C18H28N4O3/c1-4-19-18(21-10-9-20-17(23)13-5-6-13)22-12-14-7-8-15(24-2)11-16(14)25-3/h7-8,11,13H,4-6,9-10,12H2,1-3H3,(H,20,23)(H2,19,21,22). The summed E-state index contributed by atoms with van der Waals surface area (Å²) in [6.07, 6.45) is 2.04. The lowest BCUT2D eigenvalue weighted by molar-refractivity contribution is -0.122. The van der Waals surface area contributed by atoms with Crippen molar-refractivity contribution in [3.63, 3.8) is 0 Å². The first kappa shape index (κ1) is 18.9. The maximum atomic E-state index is 11.6. The van der Waals surface area contributed by atoms with Gasteiger partial charge in [-0.05, 0) is 31.9 Å². The molecule has 0 aromatic heterocycles. The van der Waals surface area contributed by atoms with E-state index < -0.39 is 0 Å². The third-order valence-corrected chi connectivity index (χ3v) is 3.91. The van der Waals surface area contributed by atoms with Crippen LogP contribution in [0.4, 0.5) is 0 Å². The SMILES string of the molecule is CCNC(=NCc1ccc(OC)cc1OC)NCCNC(=O)C1CC1. The Labute approximate surface area is 149 Å². The van der Waals surface area contributed by atoms with E-state index in [0.717, 1.165) is 36.4 Å². The van der Waals surface area contributed by atoms with Gasteiger partial charge in [-0.15, -0.1) is 0 Å². The average molecular weight is 348 g/mol. The molecule has 0 atom stereocenters. The molecule has 3 N–H and O–H groups in total. The number of carbonyl (C=O) groups is 1. The molecule has 2 rings (SSSR count). The van der Waals surface area contributed by atoms with Crippen molar-refractivity contribution in [3.8, 4) is 11.5 Å². The van der Waals surface area contributed by atoms with Gasteiger partial charge in [0, 0.05) is 37.2 Å². The molecule has 1 aromatic carbocycles. The zero-order valence-electron chi connectivity index (χ0n) is 15.2. The highest BCUT2D eigenvalue weighted by molar-refractivity contribution is 5.81. The Balaban J connectivity index is 1.86. The highest BCUT2D eigenvalue weighted by Crippen LogP contribution is 2.28. The third kappa shape index (κ3) is 6.17. The van der Waals surface area contributed by atoms with Gasteiger partial charge < -0.3 is 25.4 Å². The molecule has 1 fully saturated rings. The molecule has 1 aliphatic rings. The molecule has 0 unspecified atom stereocenters. The van der Waals surface area contributed by atoms with E-state index in [2.05, 4.69) is 20.9 Å². The first-order valence-electron chi connectivity index (χ1n) is 8.68. The molecule has 1 aromatic rings. The highest BCUT2D eigenvalue weighted by Gasteiger charge is 2.28. The van der Waals surface area contributed by atoms with Crippen LogP contribution < -0.4 is 25.4 Å². The van der Waals surface area contributed by atoms with E-state index in [1.54, 1.807) is 14.2 Å². The van der Waals surface area contributed by atoms with Crippen molar-refractivity contribution in [2.24, 2.45) is 10.9 Å². The van der Waals surface area contributed by atoms with Crippen LogP contribution in [0.15, 0.2) is 23.2 Å². The van der Waals surface area contributed by atoms with Crippen molar-refractivity contribution in [2.45, 2.75) is 26.3 Å². The average Bonchev–Trinajstić information content (AvgIpc) is 3.48. The Hall–Kier alpha value is -2.44. The molecule has 0 aliphatic heterocycles.